The number of nitrogens with zero attached hydrogens (tertiary/aromatic N) is 1. The van der Waals surface area contributed by atoms with Crippen LogP contribution in [0.5, 0.6) is 0 Å². The van der Waals surface area contributed by atoms with Crippen LogP contribution in [0, 0.1) is 0 Å². The van der Waals surface area contributed by atoms with Crippen LogP contribution >= 0.6 is 0 Å². The number of amides is 2. The number of hydrogen-bond acceptors (Lipinski definition) is 4. The molecule has 2 amide bonds. The molecule has 0 aliphatic rings. The first-order valence-electron chi connectivity index (χ1n) is 8.13. The zero-order chi connectivity index (χ0) is 19.3. The highest BCUT2D eigenvalue weighted by Gasteiger charge is 2.29. The molecule has 0 aliphatic heterocycles. The number of esters is 1. The standard InChI is InChI=1S/C20H22N2O4/c1-20(2,3)22(18(24)15-8-6-5-7-9-15)21-17(23)14-10-12-16(13-11-14)19(25)26-4/h5-13H,1-4H3,(H,21,23). The second-order valence-electron chi connectivity index (χ2n) is 6.69. The normalized spacial score (nSPS) is 10.8. The van der Waals surface area contributed by atoms with Crippen molar-refractivity contribution in [2.45, 2.75) is 26.3 Å². The van der Waals surface area contributed by atoms with Crippen molar-refractivity contribution in [1.29, 1.82) is 0 Å². The molecule has 26 heavy (non-hydrogen) atoms. The van der Waals surface area contributed by atoms with E-state index in [0.717, 1.165) is 0 Å². The molecular weight excluding hydrogens is 332 g/mol. The Balaban J connectivity index is 2.22. The molecule has 1 N–H and O–H groups in total. The summed E-state index contributed by atoms with van der Waals surface area (Å²) in [5.41, 5.74) is 3.18. The summed E-state index contributed by atoms with van der Waals surface area (Å²) in [6.07, 6.45) is 0. The summed E-state index contributed by atoms with van der Waals surface area (Å²) in [5.74, 6) is -1.23. The van der Waals surface area contributed by atoms with Crippen LogP contribution in [0.25, 0.3) is 0 Å². The molecule has 0 spiro atoms. The molecular formula is C20H22N2O4. The number of methoxy groups -OCH3 is 1. The van der Waals surface area contributed by atoms with E-state index in [1.807, 2.05) is 26.8 Å². The first-order valence-corrected chi connectivity index (χ1v) is 8.13. The molecule has 2 aromatic carbocycles. The molecule has 0 aliphatic carbocycles. The van der Waals surface area contributed by atoms with Crippen molar-refractivity contribution in [2.24, 2.45) is 0 Å². The van der Waals surface area contributed by atoms with Gasteiger partial charge in [0.2, 0.25) is 0 Å². The number of ether oxygens (including phenoxy) is 1. The first kappa shape index (κ1) is 19.2. The maximum Gasteiger partial charge on any atom is 0.337 e. The van der Waals surface area contributed by atoms with Crippen molar-refractivity contribution >= 4 is 17.8 Å². The van der Waals surface area contributed by atoms with E-state index in [1.54, 1.807) is 24.3 Å². The summed E-state index contributed by atoms with van der Waals surface area (Å²) >= 11 is 0. The van der Waals surface area contributed by atoms with Crippen LogP contribution in [0.2, 0.25) is 0 Å². The van der Waals surface area contributed by atoms with Gasteiger partial charge in [0.1, 0.15) is 0 Å². The number of carbonyl (C=O) groups is 3. The maximum atomic E-state index is 12.8. The van der Waals surface area contributed by atoms with Gasteiger partial charge in [-0.1, -0.05) is 18.2 Å². The van der Waals surface area contributed by atoms with Gasteiger partial charge in [0, 0.05) is 11.1 Å². The summed E-state index contributed by atoms with van der Waals surface area (Å²) in [5, 5.41) is 1.30. The fourth-order valence-electron chi connectivity index (χ4n) is 2.27. The van der Waals surface area contributed by atoms with Gasteiger partial charge in [-0.3, -0.25) is 15.0 Å². The fraction of sp³-hybridized carbons (Fsp3) is 0.250. The van der Waals surface area contributed by atoms with Gasteiger partial charge in [-0.15, -0.1) is 0 Å². The lowest BCUT2D eigenvalue weighted by Crippen LogP contribution is -2.55. The van der Waals surface area contributed by atoms with E-state index in [1.165, 1.54) is 36.4 Å². The summed E-state index contributed by atoms with van der Waals surface area (Å²) < 4.78 is 4.63. The van der Waals surface area contributed by atoms with Crippen LogP contribution in [-0.2, 0) is 4.74 Å². The summed E-state index contributed by atoms with van der Waals surface area (Å²) in [4.78, 5) is 36.8. The average molecular weight is 354 g/mol. The minimum absolute atomic E-state index is 0.308. The van der Waals surface area contributed by atoms with Crippen LogP contribution in [0.15, 0.2) is 54.6 Å². The molecule has 0 fully saturated rings. The molecule has 0 aromatic heterocycles. The van der Waals surface area contributed by atoms with Crippen molar-refractivity contribution in [2.75, 3.05) is 7.11 Å². The predicted octanol–water partition coefficient (Wildman–Crippen LogP) is 3.06. The number of nitrogens with one attached hydrogen (secondary N) is 1. The van der Waals surface area contributed by atoms with Crippen LogP contribution in [-0.4, -0.2) is 35.4 Å². The summed E-state index contributed by atoms with van der Waals surface area (Å²) in [6.45, 7) is 5.48. The zero-order valence-corrected chi connectivity index (χ0v) is 15.3. The van der Waals surface area contributed by atoms with E-state index in [2.05, 4.69) is 10.2 Å². The largest absolute Gasteiger partial charge is 0.465 e. The van der Waals surface area contributed by atoms with E-state index in [4.69, 9.17) is 0 Å². The number of benzene rings is 2. The van der Waals surface area contributed by atoms with Crippen LogP contribution in [0.3, 0.4) is 0 Å². The topological polar surface area (TPSA) is 75.7 Å². The summed E-state index contributed by atoms with van der Waals surface area (Å²) in [7, 11) is 1.29. The third-order valence-corrected chi connectivity index (χ3v) is 3.68. The van der Waals surface area contributed by atoms with Gasteiger partial charge >= 0.3 is 5.97 Å². The Morgan fingerprint density at radius 3 is 1.88 bits per heavy atom. The van der Waals surface area contributed by atoms with Gasteiger partial charge in [0.05, 0.1) is 18.2 Å². The van der Waals surface area contributed by atoms with Crippen molar-refractivity contribution in [1.82, 2.24) is 10.4 Å². The van der Waals surface area contributed by atoms with E-state index in [0.29, 0.717) is 16.7 Å². The predicted molar refractivity (Wildman–Crippen MR) is 97.6 cm³/mol. The molecule has 0 saturated heterocycles. The monoisotopic (exact) mass is 354 g/mol. The molecule has 2 aromatic rings. The number of carbonyl (C=O) groups excluding carboxylic acids is 3. The molecule has 0 unspecified atom stereocenters. The quantitative estimate of drug-likeness (QED) is 0.679. The Bertz CT molecular complexity index is 793. The maximum absolute atomic E-state index is 12.8. The number of hydrogen-bond donors (Lipinski definition) is 1. The molecule has 6 heteroatoms. The zero-order valence-electron chi connectivity index (χ0n) is 15.3. The number of rotatable bonds is 3. The highest BCUT2D eigenvalue weighted by molar-refractivity contribution is 6.00. The smallest absolute Gasteiger partial charge is 0.337 e. The Kier molecular flexibility index (Phi) is 5.77. The third-order valence-electron chi connectivity index (χ3n) is 3.68. The Morgan fingerprint density at radius 2 is 1.38 bits per heavy atom. The first-order chi connectivity index (χ1) is 12.2. The highest BCUT2D eigenvalue weighted by atomic mass is 16.5. The van der Waals surface area contributed by atoms with Gasteiger partial charge in [-0.2, -0.15) is 0 Å². The minimum Gasteiger partial charge on any atom is -0.465 e. The second kappa shape index (κ2) is 7.82. The molecule has 136 valence electrons. The van der Waals surface area contributed by atoms with Crippen LogP contribution in [0.4, 0.5) is 0 Å². The molecule has 0 bridgehead atoms. The lowest BCUT2D eigenvalue weighted by molar-refractivity contribution is 0.0358. The minimum atomic E-state index is -0.630. The Labute approximate surface area is 152 Å². The molecule has 0 radical (unpaired) electrons. The SMILES string of the molecule is COC(=O)c1ccc(C(=O)NN(C(=O)c2ccccc2)C(C)(C)C)cc1. The van der Waals surface area contributed by atoms with Gasteiger partial charge < -0.3 is 4.74 Å². The molecule has 0 saturated carbocycles. The van der Waals surface area contributed by atoms with E-state index < -0.39 is 17.4 Å². The molecule has 0 heterocycles. The van der Waals surface area contributed by atoms with Crippen molar-refractivity contribution in [3.8, 4) is 0 Å². The van der Waals surface area contributed by atoms with Crippen molar-refractivity contribution < 1.29 is 19.1 Å². The molecule has 2 rings (SSSR count). The Hall–Kier alpha value is -3.15. The lowest BCUT2D eigenvalue weighted by atomic mass is 10.1. The van der Waals surface area contributed by atoms with Gasteiger partial charge in [0.25, 0.3) is 11.8 Å². The van der Waals surface area contributed by atoms with Crippen LogP contribution < -0.4 is 5.43 Å². The van der Waals surface area contributed by atoms with Crippen LogP contribution in [0.1, 0.15) is 51.8 Å². The fourth-order valence-corrected chi connectivity index (χ4v) is 2.27. The average Bonchev–Trinajstić information content (AvgIpc) is 2.64. The second-order valence-corrected chi connectivity index (χ2v) is 6.69. The van der Waals surface area contributed by atoms with Gasteiger partial charge in [0.15, 0.2) is 0 Å². The lowest BCUT2D eigenvalue weighted by Gasteiger charge is -2.35. The van der Waals surface area contributed by atoms with Gasteiger partial charge in [-0.05, 0) is 57.2 Å². The van der Waals surface area contributed by atoms with E-state index in [-0.39, 0.29) is 5.91 Å². The van der Waals surface area contributed by atoms with Crippen molar-refractivity contribution in [3.63, 3.8) is 0 Å². The number of hydrazine groups is 1. The van der Waals surface area contributed by atoms with E-state index in [9.17, 15) is 14.4 Å². The highest BCUT2D eigenvalue weighted by Crippen LogP contribution is 2.16. The Morgan fingerprint density at radius 1 is 0.846 bits per heavy atom. The van der Waals surface area contributed by atoms with Crippen molar-refractivity contribution in [3.05, 3.63) is 71.3 Å². The van der Waals surface area contributed by atoms with Gasteiger partial charge in [-0.25, -0.2) is 9.80 Å². The molecule has 0 atom stereocenters. The molecule has 6 nitrogen and oxygen atoms in total. The third kappa shape index (κ3) is 4.47. The van der Waals surface area contributed by atoms with E-state index >= 15 is 0 Å². The summed E-state index contributed by atoms with van der Waals surface area (Å²) in [6, 6.07) is 14.8.